The van der Waals surface area contributed by atoms with Crippen LogP contribution in [0.3, 0.4) is 0 Å². The van der Waals surface area contributed by atoms with E-state index in [1.165, 1.54) is 5.56 Å². The van der Waals surface area contributed by atoms with Crippen LogP contribution in [0.1, 0.15) is 12.0 Å². The van der Waals surface area contributed by atoms with Crippen LogP contribution < -0.4 is 0 Å². The molecule has 1 aromatic carbocycles. The fraction of sp³-hybridized carbons (Fsp3) is 0.167. The van der Waals surface area contributed by atoms with E-state index in [0.29, 0.717) is 0 Å². The number of aryl methyl sites for hydroxylation is 1. The second-order valence-corrected chi connectivity index (χ2v) is 2.31. The minimum absolute atomic E-state index is 0. The molecule has 0 amide bonds. The summed E-state index contributed by atoms with van der Waals surface area (Å²) in [7, 11) is 0. The molecule has 0 aliphatic rings. The van der Waals surface area contributed by atoms with Crippen LogP contribution in [-0.2, 0) is 33.1 Å². The van der Waals surface area contributed by atoms with Gasteiger partial charge in [0, 0.05) is 17.4 Å². The molecular formula is C12H12CrO2. The van der Waals surface area contributed by atoms with Gasteiger partial charge in [-0.05, 0) is 18.4 Å². The quantitative estimate of drug-likeness (QED) is 0.443. The van der Waals surface area contributed by atoms with Crippen molar-refractivity contribution in [1.82, 2.24) is 0 Å². The van der Waals surface area contributed by atoms with E-state index in [2.05, 4.69) is 44.1 Å². The molecule has 0 saturated heterocycles. The summed E-state index contributed by atoms with van der Waals surface area (Å²) in [5, 5.41) is 0. The molecule has 2 nitrogen and oxygen atoms in total. The Balaban J connectivity index is -0.000000258. The van der Waals surface area contributed by atoms with Crippen molar-refractivity contribution in [3.05, 3.63) is 61.9 Å². The Morgan fingerprint density at radius 1 is 1.07 bits per heavy atom. The first-order valence-electron chi connectivity index (χ1n) is 3.99. The van der Waals surface area contributed by atoms with E-state index >= 15 is 0 Å². The standard InChI is InChI=1S/C10H12.2CO.Cr/c1-2-3-7-10-8-5-4-6-9-10;2*1-2;/h2,4-6,8-9H,1,3,7H2;;;. The third kappa shape index (κ3) is 13.0. The van der Waals surface area contributed by atoms with Crippen LogP contribution in [0.4, 0.5) is 0 Å². The molecule has 0 heterocycles. The van der Waals surface area contributed by atoms with Crippen LogP contribution in [0.15, 0.2) is 43.0 Å². The molecule has 1 aromatic rings. The van der Waals surface area contributed by atoms with Crippen molar-refractivity contribution in [2.75, 3.05) is 0 Å². The average molecular weight is 240 g/mol. The number of rotatable bonds is 3. The number of hydrogen-bond donors (Lipinski definition) is 0. The Labute approximate surface area is 102 Å². The summed E-state index contributed by atoms with van der Waals surface area (Å²) in [6, 6.07) is 10.5. The van der Waals surface area contributed by atoms with Crippen molar-refractivity contribution in [3.63, 3.8) is 0 Å². The van der Waals surface area contributed by atoms with Crippen molar-refractivity contribution < 1.29 is 26.7 Å². The van der Waals surface area contributed by atoms with Gasteiger partial charge in [0.2, 0.25) is 0 Å². The maximum Gasteiger partial charge on any atom is 0 e. The third-order valence-electron chi connectivity index (χ3n) is 1.48. The molecule has 0 aliphatic carbocycles. The topological polar surface area (TPSA) is 39.8 Å². The van der Waals surface area contributed by atoms with Gasteiger partial charge in [0.1, 0.15) is 0 Å². The van der Waals surface area contributed by atoms with Crippen LogP contribution >= 0.6 is 0 Å². The third-order valence-corrected chi connectivity index (χ3v) is 1.48. The smallest absolute Gasteiger partial charge is 0 e. The van der Waals surface area contributed by atoms with Gasteiger partial charge < -0.3 is 0 Å². The number of allylic oxidation sites excluding steroid dienone is 1. The summed E-state index contributed by atoms with van der Waals surface area (Å²) >= 11 is 0. The summed E-state index contributed by atoms with van der Waals surface area (Å²) in [6.07, 6.45) is 4.14. The predicted octanol–water partition coefficient (Wildman–Crippen LogP) is 2.73. The summed E-state index contributed by atoms with van der Waals surface area (Å²) in [6.45, 7) is 12.7. The Kier molecular flexibility index (Phi) is 24.3. The zero-order valence-electron chi connectivity index (χ0n) is 8.31. The van der Waals surface area contributed by atoms with Crippen LogP contribution in [0.2, 0.25) is 0 Å². The molecular weight excluding hydrogens is 228 g/mol. The Morgan fingerprint density at radius 3 is 1.93 bits per heavy atom. The van der Waals surface area contributed by atoms with Gasteiger partial charge in [-0.1, -0.05) is 36.4 Å². The van der Waals surface area contributed by atoms with E-state index in [9.17, 15) is 0 Å². The van der Waals surface area contributed by atoms with Crippen LogP contribution in [0, 0.1) is 13.3 Å². The zero-order chi connectivity index (χ0) is 11.2. The summed E-state index contributed by atoms with van der Waals surface area (Å²) in [4.78, 5) is 0. The van der Waals surface area contributed by atoms with Crippen LogP contribution in [-0.4, -0.2) is 0 Å². The van der Waals surface area contributed by atoms with Crippen LogP contribution in [0.5, 0.6) is 0 Å². The van der Waals surface area contributed by atoms with Crippen molar-refractivity contribution in [2.24, 2.45) is 0 Å². The number of hydrogen-bond acceptors (Lipinski definition) is 0. The summed E-state index contributed by atoms with van der Waals surface area (Å²) in [5.74, 6) is 0. The Hall–Kier alpha value is -1.03. The molecule has 0 unspecified atom stereocenters. The molecule has 78 valence electrons. The number of benzene rings is 1. The van der Waals surface area contributed by atoms with Gasteiger partial charge in [0.25, 0.3) is 0 Å². The maximum absolute atomic E-state index is 7.50. The van der Waals surface area contributed by atoms with Gasteiger partial charge >= 0.3 is 22.6 Å². The van der Waals surface area contributed by atoms with E-state index in [4.69, 9.17) is 9.30 Å². The molecule has 0 spiro atoms. The average Bonchev–Trinajstić information content (AvgIpc) is 2.33. The van der Waals surface area contributed by atoms with E-state index in [1.807, 2.05) is 12.1 Å². The fourth-order valence-corrected chi connectivity index (χ4v) is 0.913. The minimum atomic E-state index is 0. The maximum atomic E-state index is 7.50. The van der Waals surface area contributed by atoms with E-state index in [1.54, 1.807) is 0 Å². The van der Waals surface area contributed by atoms with E-state index < -0.39 is 0 Å². The normalized spacial score (nSPS) is 6.40. The molecule has 0 atom stereocenters. The molecule has 3 heteroatoms. The first-order chi connectivity index (χ1) is 6.93. The first kappa shape index (κ1) is 19.5. The Bertz CT molecular complexity index is 259. The SMILES string of the molecule is C=CCCc1ccccc1.[C-]#[O+].[C-]#[O+].[Cr]. The van der Waals surface area contributed by atoms with Crippen molar-refractivity contribution in [1.29, 1.82) is 0 Å². The van der Waals surface area contributed by atoms with Crippen LogP contribution in [0.25, 0.3) is 0 Å². The summed E-state index contributed by atoms with van der Waals surface area (Å²) < 4.78 is 15.0. The zero-order valence-corrected chi connectivity index (χ0v) is 9.59. The molecule has 0 radical (unpaired) electrons. The second-order valence-electron chi connectivity index (χ2n) is 2.31. The molecule has 0 aromatic heterocycles. The largest absolute Gasteiger partial charge is 0 e. The predicted molar refractivity (Wildman–Crippen MR) is 52.8 cm³/mol. The second kappa shape index (κ2) is 18.7. The van der Waals surface area contributed by atoms with Gasteiger partial charge in [-0.2, -0.15) is 0 Å². The van der Waals surface area contributed by atoms with Crippen molar-refractivity contribution in [2.45, 2.75) is 12.8 Å². The van der Waals surface area contributed by atoms with Crippen molar-refractivity contribution in [3.8, 4) is 0 Å². The van der Waals surface area contributed by atoms with Gasteiger partial charge in [-0.15, -0.1) is 6.58 Å². The minimum Gasteiger partial charge on any atom is 0 e. The fourth-order valence-electron chi connectivity index (χ4n) is 0.913. The molecule has 0 aliphatic heterocycles. The molecule has 1 rings (SSSR count). The van der Waals surface area contributed by atoms with E-state index in [0.717, 1.165) is 12.8 Å². The van der Waals surface area contributed by atoms with Crippen molar-refractivity contribution >= 4 is 0 Å². The molecule has 15 heavy (non-hydrogen) atoms. The van der Waals surface area contributed by atoms with Gasteiger partial charge in [0.15, 0.2) is 0 Å². The monoisotopic (exact) mass is 240 g/mol. The molecule has 0 fully saturated rings. The Morgan fingerprint density at radius 2 is 1.53 bits per heavy atom. The van der Waals surface area contributed by atoms with E-state index in [-0.39, 0.29) is 17.4 Å². The molecule has 0 N–H and O–H groups in total. The molecule has 0 saturated carbocycles. The first-order valence-corrected chi connectivity index (χ1v) is 3.99. The van der Waals surface area contributed by atoms with Gasteiger partial charge in [-0.25, -0.2) is 0 Å². The van der Waals surface area contributed by atoms with Gasteiger partial charge in [0.05, 0.1) is 0 Å². The molecule has 0 bridgehead atoms. The summed E-state index contributed by atoms with van der Waals surface area (Å²) in [5.41, 5.74) is 1.39. The van der Waals surface area contributed by atoms with Gasteiger partial charge in [-0.3, -0.25) is 0 Å².